The largest absolute Gasteiger partial charge is 0.271 e. The van der Waals surface area contributed by atoms with Crippen molar-refractivity contribution in [3.05, 3.63) is 33.4 Å². The second-order valence-electron chi connectivity index (χ2n) is 2.44. The molecule has 11 heavy (non-hydrogen) atoms. The van der Waals surface area contributed by atoms with Crippen molar-refractivity contribution >= 4 is 22.6 Å². The van der Waals surface area contributed by atoms with Crippen LogP contribution in [-0.2, 0) is 0 Å². The molecule has 0 aliphatic heterocycles. The summed E-state index contributed by atoms with van der Waals surface area (Å²) >= 11 is 2.28. The third-order valence-corrected chi connectivity index (χ3v) is 2.34. The Morgan fingerprint density at radius 1 is 1.36 bits per heavy atom. The van der Waals surface area contributed by atoms with E-state index in [1.54, 1.807) is 0 Å². The summed E-state index contributed by atoms with van der Waals surface area (Å²) in [7, 11) is 0. The van der Waals surface area contributed by atoms with Gasteiger partial charge in [0.15, 0.2) is 0 Å². The van der Waals surface area contributed by atoms with E-state index < -0.39 is 0 Å². The second kappa shape index (κ2) is 4.04. The molecule has 0 fully saturated rings. The first kappa shape index (κ1) is 8.96. The molecular weight excluding hydrogens is 251 g/mol. The third kappa shape index (κ3) is 2.43. The smallest absolute Gasteiger partial charge is 0.0431 e. The Morgan fingerprint density at radius 2 is 1.91 bits per heavy atom. The van der Waals surface area contributed by atoms with Crippen LogP contribution in [0.25, 0.3) is 0 Å². The minimum atomic E-state index is 0.229. The van der Waals surface area contributed by atoms with Gasteiger partial charge in [0, 0.05) is 9.61 Å². The zero-order chi connectivity index (χ0) is 8.27. The Kier molecular flexibility index (Phi) is 3.29. The molecule has 0 aliphatic carbocycles. The minimum absolute atomic E-state index is 0.229. The van der Waals surface area contributed by atoms with Crippen LogP contribution < -0.4 is 11.3 Å². The minimum Gasteiger partial charge on any atom is -0.271 e. The highest BCUT2D eigenvalue weighted by molar-refractivity contribution is 14.1. The van der Waals surface area contributed by atoms with Crippen molar-refractivity contribution in [2.75, 3.05) is 0 Å². The fourth-order valence-corrected chi connectivity index (χ4v) is 1.21. The molecule has 1 atom stereocenters. The van der Waals surface area contributed by atoms with E-state index in [1.807, 2.05) is 6.92 Å². The third-order valence-electron chi connectivity index (χ3n) is 1.62. The lowest BCUT2D eigenvalue weighted by Gasteiger charge is -2.09. The molecule has 0 spiro atoms. The van der Waals surface area contributed by atoms with Crippen LogP contribution in [0.15, 0.2) is 24.3 Å². The molecule has 60 valence electrons. The lowest BCUT2D eigenvalue weighted by atomic mass is 10.1. The maximum absolute atomic E-state index is 5.29. The van der Waals surface area contributed by atoms with Crippen molar-refractivity contribution < 1.29 is 0 Å². The maximum Gasteiger partial charge on any atom is 0.0431 e. The van der Waals surface area contributed by atoms with Gasteiger partial charge in [-0.2, -0.15) is 0 Å². The normalized spacial score (nSPS) is 13.0. The predicted molar refractivity (Wildman–Crippen MR) is 54.9 cm³/mol. The van der Waals surface area contributed by atoms with Gasteiger partial charge in [0.2, 0.25) is 0 Å². The number of hydrogen-bond acceptors (Lipinski definition) is 2. The predicted octanol–water partition coefficient (Wildman–Crippen LogP) is 1.82. The molecule has 0 amide bonds. The first-order chi connectivity index (χ1) is 5.24. The Morgan fingerprint density at radius 3 is 2.36 bits per heavy atom. The van der Waals surface area contributed by atoms with Crippen LogP contribution in [0.5, 0.6) is 0 Å². The van der Waals surface area contributed by atoms with Crippen LogP contribution in [0.1, 0.15) is 18.5 Å². The molecule has 1 aromatic carbocycles. The first-order valence-corrected chi connectivity index (χ1v) is 4.53. The van der Waals surface area contributed by atoms with Crippen molar-refractivity contribution in [1.29, 1.82) is 0 Å². The highest BCUT2D eigenvalue weighted by Crippen LogP contribution is 2.12. The molecular formula is C8H11IN2. The molecule has 0 aliphatic rings. The van der Waals surface area contributed by atoms with Gasteiger partial charge in [-0.15, -0.1) is 0 Å². The Balaban J connectivity index is 2.81. The van der Waals surface area contributed by atoms with Gasteiger partial charge in [0.25, 0.3) is 0 Å². The number of nitrogens with one attached hydrogen (secondary N) is 1. The fraction of sp³-hybridized carbons (Fsp3) is 0.250. The number of halogens is 1. The standard InChI is InChI=1S/C8H11IN2/c1-6(11-10)7-2-4-8(9)5-3-7/h2-6,11H,10H2,1H3. The van der Waals surface area contributed by atoms with Crippen LogP contribution in [0.2, 0.25) is 0 Å². The lowest BCUT2D eigenvalue weighted by molar-refractivity contribution is 0.602. The van der Waals surface area contributed by atoms with E-state index in [9.17, 15) is 0 Å². The highest BCUT2D eigenvalue weighted by atomic mass is 127. The highest BCUT2D eigenvalue weighted by Gasteiger charge is 2.00. The molecule has 0 saturated carbocycles. The Hall–Kier alpha value is -0.130. The quantitative estimate of drug-likeness (QED) is 0.484. The van der Waals surface area contributed by atoms with Crippen molar-refractivity contribution in [1.82, 2.24) is 5.43 Å². The Labute approximate surface area is 80.3 Å². The second-order valence-corrected chi connectivity index (χ2v) is 3.69. The summed E-state index contributed by atoms with van der Waals surface area (Å²) < 4.78 is 1.25. The van der Waals surface area contributed by atoms with Crippen molar-refractivity contribution in [3.8, 4) is 0 Å². The number of hydrogen-bond donors (Lipinski definition) is 2. The van der Waals surface area contributed by atoms with Crippen molar-refractivity contribution in [2.24, 2.45) is 5.84 Å². The molecule has 2 nitrogen and oxygen atoms in total. The van der Waals surface area contributed by atoms with Crippen molar-refractivity contribution in [3.63, 3.8) is 0 Å². The monoisotopic (exact) mass is 262 g/mol. The summed E-state index contributed by atoms with van der Waals surface area (Å²) in [4.78, 5) is 0. The van der Waals surface area contributed by atoms with Crippen LogP contribution >= 0.6 is 22.6 Å². The molecule has 0 bridgehead atoms. The van der Waals surface area contributed by atoms with E-state index in [1.165, 1.54) is 9.13 Å². The maximum atomic E-state index is 5.29. The number of nitrogens with two attached hydrogens (primary N) is 1. The SMILES string of the molecule is CC(NN)c1ccc(I)cc1. The van der Waals surface area contributed by atoms with Crippen LogP contribution in [0.3, 0.4) is 0 Å². The molecule has 1 unspecified atom stereocenters. The number of benzene rings is 1. The van der Waals surface area contributed by atoms with Crippen LogP contribution in [0.4, 0.5) is 0 Å². The van der Waals surface area contributed by atoms with E-state index in [2.05, 4.69) is 52.3 Å². The molecule has 0 radical (unpaired) electrons. The van der Waals surface area contributed by atoms with Crippen LogP contribution in [0, 0.1) is 3.57 Å². The topological polar surface area (TPSA) is 38.0 Å². The zero-order valence-corrected chi connectivity index (χ0v) is 8.50. The van der Waals surface area contributed by atoms with Gasteiger partial charge in [0.1, 0.15) is 0 Å². The molecule has 0 saturated heterocycles. The summed E-state index contributed by atoms with van der Waals surface area (Å²) in [5.74, 6) is 5.29. The molecule has 3 heteroatoms. The van der Waals surface area contributed by atoms with Gasteiger partial charge in [-0.3, -0.25) is 11.3 Å². The summed E-state index contributed by atoms with van der Waals surface area (Å²) in [5, 5.41) is 0. The Bertz CT molecular complexity index is 220. The lowest BCUT2D eigenvalue weighted by Crippen LogP contribution is -2.25. The summed E-state index contributed by atoms with van der Waals surface area (Å²) in [6.45, 7) is 2.03. The van der Waals surface area contributed by atoms with Gasteiger partial charge >= 0.3 is 0 Å². The van der Waals surface area contributed by atoms with Crippen molar-refractivity contribution in [2.45, 2.75) is 13.0 Å². The van der Waals surface area contributed by atoms with Gasteiger partial charge in [-0.05, 0) is 47.2 Å². The summed E-state index contributed by atoms with van der Waals surface area (Å²) in [5.41, 5.74) is 3.91. The van der Waals surface area contributed by atoms with Gasteiger partial charge < -0.3 is 0 Å². The van der Waals surface area contributed by atoms with E-state index in [0.717, 1.165) is 0 Å². The average molecular weight is 262 g/mol. The van der Waals surface area contributed by atoms with Gasteiger partial charge in [-0.1, -0.05) is 12.1 Å². The van der Waals surface area contributed by atoms with E-state index >= 15 is 0 Å². The number of rotatable bonds is 2. The van der Waals surface area contributed by atoms with Crippen LogP contribution in [-0.4, -0.2) is 0 Å². The summed E-state index contributed by atoms with van der Waals surface area (Å²) in [6, 6.07) is 8.53. The van der Waals surface area contributed by atoms with Gasteiger partial charge in [0.05, 0.1) is 0 Å². The van der Waals surface area contributed by atoms with E-state index in [4.69, 9.17) is 5.84 Å². The first-order valence-electron chi connectivity index (χ1n) is 3.45. The molecule has 3 N–H and O–H groups in total. The molecule has 0 aromatic heterocycles. The number of hydrazine groups is 1. The zero-order valence-electron chi connectivity index (χ0n) is 6.34. The molecule has 1 rings (SSSR count). The molecule has 1 aromatic rings. The van der Waals surface area contributed by atoms with E-state index in [-0.39, 0.29) is 6.04 Å². The van der Waals surface area contributed by atoms with Gasteiger partial charge in [-0.25, -0.2) is 0 Å². The van der Waals surface area contributed by atoms with E-state index in [0.29, 0.717) is 0 Å². The molecule has 0 heterocycles. The fourth-order valence-electron chi connectivity index (χ4n) is 0.848. The average Bonchev–Trinajstić information content (AvgIpc) is 2.05. The summed E-state index contributed by atoms with van der Waals surface area (Å²) in [6.07, 6.45) is 0.